The third kappa shape index (κ3) is 2.75. The predicted octanol–water partition coefficient (Wildman–Crippen LogP) is 2.11. The molecule has 0 aliphatic rings. The summed E-state index contributed by atoms with van der Waals surface area (Å²) in [5.41, 5.74) is -0.184. The summed E-state index contributed by atoms with van der Waals surface area (Å²) in [4.78, 5) is 10.5. The van der Waals surface area contributed by atoms with Gasteiger partial charge in [-0.2, -0.15) is 0 Å². The van der Waals surface area contributed by atoms with Gasteiger partial charge in [0, 0.05) is 12.1 Å². The summed E-state index contributed by atoms with van der Waals surface area (Å²) in [6, 6.07) is 8.11. The van der Waals surface area contributed by atoms with E-state index in [1.807, 2.05) is 0 Å². The Labute approximate surface area is 95.5 Å². The number of carboxylic acids is 1. The van der Waals surface area contributed by atoms with Gasteiger partial charge in [0.25, 0.3) is 0 Å². The maximum absolute atomic E-state index is 12.8. The second kappa shape index (κ2) is 4.56. The van der Waals surface area contributed by atoms with Crippen LogP contribution in [-0.2, 0) is 0 Å². The van der Waals surface area contributed by atoms with E-state index >= 15 is 0 Å². The van der Waals surface area contributed by atoms with Crippen LogP contribution in [0.2, 0.25) is 0 Å². The highest BCUT2D eigenvalue weighted by Crippen LogP contribution is 2.19. The summed E-state index contributed by atoms with van der Waals surface area (Å²) in [6.45, 7) is 0. The van der Waals surface area contributed by atoms with Crippen LogP contribution >= 0.6 is 0 Å². The molecule has 2 rings (SSSR count). The minimum Gasteiger partial charge on any atom is -0.476 e. The summed E-state index contributed by atoms with van der Waals surface area (Å²) in [6.07, 6.45) is 0. The number of hydrogen-bond acceptors (Lipinski definition) is 4. The first-order valence-corrected chi connectivity index (χ1v) is 4.65. The molecule has 0 aliphatic heterocycles. The maximum Gasteiger partial charge on any atom is 0.356 e. The summed E-state index contributed by atoms with van der Waals surface area (Å²) >= 11 is 0. The van der Waals surface area contributed by atoms with Gasteiger partial charge in [-0.15, -0.1) is 10.2 Å². The van der Waals surface area contributed by atoms with E-state index in [2.05, 4.69) is 10.2 Å². The Morgan fingerprint density at radius 3 is 2.65 bits per heavy atom. The minimum atomic E-state index is -1.17. The van der Waals surface area contributed by atoms with Crippen molar-refractivity contribution in [2.75, 3.05) is 0 Å². The van der Waals surface area contributed by atoms with Crippen LogP contribution in [0.25, 0.3) is 0 Å². The molecular formula is C11H7FN2O3. The van der Waals surface area contributed by atoms with E-state index in [1.54, 1.807) is 6.07 Å². The second-order valence-corrected chi connectivity index (χ2v) is 3.12. The number of carbonyl (C=O) groups is 1. The Kier molecular flexibility index (Phi) is 2.95. The minimum absolute atomic E-state index is 0.0978. The number of halogens is 1. The number of benzene rings is 1. The molecule has 0 bridgehead atoms. The number of aromatic nitrogens is 2. The molecular weight excluding hydrogens is 227 g/mol. The highest BCUT2D eigenvalue weighted by molar-refractivity contribution is 5.84. The Morgan fingerprint density at radius 2 is 2.06 bits per heavy atom. The van der Waals surface area contributed by atoms with Gasteiger partial charge in [-0.25, -0.2) is 9.18 Å². The van der Waals surface area contributed by atoms with Gasteiger partial charge >= 0.3 is 5.97 Å². The monoisotopic (exact) mass is 234 g/mol. The average Bonchev–Trinajstić information content (AvgIpc) is 2.29. The molecule has 0 unspecified atom stereocenters. The van der Waals surface area contributed by atoms with Gasteiger partial charge in [0.1, 0.15) is 11.6 Å². The molecule has 0 aliphatic carbocycles. The second-order valence-electron chi connectivity index (χ2n) is 3.12. The van der Waals surface area contributed by atoms with Crippen molar-refractivity contribution in [3.05, 3.63) is 47.9 Å². The number of rotatable bonds is 3. The van der Waals surface area contributed by atoms with Gasteiger partial charge in [0.15, 0.2) is 5.69 Å². The van der Waals surface area contributed by atoms with Crippen molar-refractivity contribution in [2.45, 2.75) is 0 Å². The van der Waals surface area contributed by atoms with Crippen molar-refractivity contribution >= 4 is 5.97 Å². The fourth-order valence-corrected chi connectivity index (χ4v) is 1.14. The van der Waals surface area contributed by atoms with E-state index in [0.29, 0.717) is 0 Å². The van der Waals surface area contributed by atoms with E-state index in [9.17, 15) is 9.18 Å². The van der Waals surface area contributed by atoms with Gasteiger partial charge in [0.2, 0.25) is 5.88 Å². The van der Waals surface area contributed by atoms with Gasteiger partial charge < -0.3 is 9.84 Å². The zero-order chi connectivity index (χ0) is 12.3. The normalized spacial score (nSPS) is 9.94. The molecule has 1 heterocycles. The lowest BCUT2D eigenvalue weighted by atomic mass is 10.3. The molecule has 0 amide bonds. The Morgan fingerprint density at radius 1 is 1.24 bits per heavy atom. The number of aromatic carboxylic acids is 1. The fourth-order valence-electron chi connectivity index (χ4n) is 1.14. The van der Waals surface area contributed by atoms with Gasteiger partial charge in [-0.3, -0.25) is 0 Å². The van der Waals surface area contributed by atoms with Gasteiger partial charge in [-0.1, -0.05) is 6.07 Å². The molecule has 1 N–H and O–H groups in total. The third-order valence-electron chi connectivity index (χ3n) is 1.88. The summed E-state index contributed by atoms with van der Waals surface area (Å²) < 4.78 is 18.0. The molecule has 0 saturated carbocycles. The number of hydrogen-bond donors (Lipinski definition) is 1. The molecule has 0 radical (unpaired) electrons. The number of carboxylic acid groups (broad SMARTS) is 1. The molecule has 0 spiro atoms. The molecule has 2 aromatic rings. The largest absolute Gasteiger partial charge is 0.476 e. The van der Waals surface area contributed by atoms with Crippen molar-refractivity contribution in [1.29, 1.82) is 0 Å². The molecule has 17 heavy (non-hydrogen) atoms. The number of nitrogens with zero attached hydrogens (tertiary/aromatic N) is 2. The van der Waals surface area contributed by atoms with Crippen molar-refractivity contribution in [1.82, 2.24) is 10.2 Å². The Bertz CT molecular complexity index is 543. The van der Waals surface area contributed by atoms with Crippen LogP contribution in [0.3, 0.4) is 0 Å². The molecule has 6 heteroatoms. The smallest absolute Gasteiger partial charge is 0.356 e. The Hall–Kier alpha value is -2.50. The first-order chi connectivity index (χ1) is 8.15. The maximum atomic E-state index is 12.8. The van der Waals surface area contributed by atoms with E-state index in [1.165, 1.54) is 30.3 Å². The SMILES string of the molecule is O=C(O)c1ccc(Oc2cccc(F)c2)nn1. The van der Waals surface area contributed by atoms with Crippen molar-refractivity contribution in [3.63, 3.8) is 0 Å². The van der Waals surface area contributed by atoms with Crippen molar-refractivity contribution in [3.8, 4) is 11.6 Å². The molecule has 5 nitrogen and oxygen atoms in total. The van der Waals surface area contributed by atoms with Gasteiger partial charge in [0.05, 0.1) is 0 Å². The number of ether oxygens (including phenoxy) is 1. The van der Waals surface area contributed by atoms with Crippen LogP contribution in [0, 0.1) is 5.82 Å². The lowest BCUT2D eigenvalue weighted by Crippen LogP contribution is -2.02. The standard InChI is InChI=1S/C11H7FN2O3/c12-7-2-1-3-8(6-7)17-10-5-4-9(11(15)16)13-14-10/h1-6H,(H,15,16). The van der Waals surface area contributed by atoms with Crippen molar-refractivity contribution < 1.29 is 19.0 Å². The molecule has 0 atom stereocenters. The van der Waals surface area contributed by atoms with E-state index in [-0.39, 0.29) is 17.3 Å². The van der Waals surface area contributed by atoms with Crippen LogP contribution < -0.4 is 4.74 Å². The molecule has 0 saturated heterocycles. The highest BCUT2D eigenvalue weighted by Gasteiger charge is 2.06. The summed E-state index contributed by atoms with van der Waals surface area (Å²) in [5.74, 6) is -1.24. The summed E-state index contributed by atoms with van der Waals surface area (Å²) in [7, 11) is 0. The lowest BCUT2D eigenvalue weighted by Gasteiger charge is -2.03. The van der Waals surface area contributed by atoms with Gasteiger partial charge in [-0.05, 0) is 18.2 Å². The van der Waals surface area contributed by atoms with E-state index in [0.717, 1.165) is 0 Å². The Balaban J connectivity index is 2.16. The molecule has 1 aromatic carbocycles. The average molecular weight is 234 g/mol. The fraction of sp³-hybridized carbons (Fsp3) is 0. The zero-order valence-corrected chi connectivity index (χ0v) is 8.50. The van der Waals surface area contributed by atoms with Crippen molar-refractivity contribution in [2.24, 2.45) is 0 Å². The van der Waals surface area contributed by atoms with E-state index < -0.39 is 11.8 Å². The summed E-state index contributed by atoms with van der Waals surface area (Å²) in [5, 5.41) is 15.6. The lowest BCUT2D eigenvalue weighted by molar-refractivity contribution is 0.0689. The van der Waals surface area contributed by atoms with Crippen LogP contribution in [0.4, 0.5) is 4.39 Å². The van der Waals surface area contributed by atoms with Crippen LogP contribution in [-0.4, -0.2) is 21.3 Å². The quantitative estimate of drug-likeness (QED) is 0.880. The topological polar surface area (TPSA) is 72.3 Å². The predicted molar refractivity (Wildman–Crippen MR) is 55.5 cm³/mol. The van der Waals surface area contributed by atoms with Crippen LogP contribution in [0.15, 0.2) is 36.4 Å². The first kappa shape index (κ1) is 11.0. The first-order valence-electron chi connectivity index (χ1n) is 4.65. The molecule has 0 fully saturated rings. The van der Waals surface area contributed by atoms with E-state index in [4.69, 9.17) is 9.84 Å². The van der Waals surface area contributed by atoms with Crippen LogP contribution in [0.5, 0.6) is 11.6 Å². The highest BCUT2D eigenvalue weighted by atomic mass is 19.1. The van der Waals surface area contributed by atoms with Crippen LogP contribution in [0.1, 0.15) is 10.5 Å². The molecule has 86 valence electrons. The third-order valence-corrected chi connectivity index (χ3v) is 1.88. The molecule has 1 aromatic heterocycles. The zero-order valence-electron chi connectivity index (χ0n) is 8.50.